The third-order valence-corrected chi connectivity index (χ3v) is 6.64. The minimum absolute atomic E-state index is 0.0452. The molecule has 2 aliphatic heterocycles. The van der Waals surface area contributed by atoms with Crippen molar-refractivity contribution in [2.24, 2.45) is 0 Å². The van der Waals surface area contributed by atoms with Crippen molar-refractivity contribution in [2.45, 2.75) is 24.3 Å². The van der Waals surface area contributed by atoms with Gasteiger partial charge in [-0.15, -0.1) is 0 Å². The number of ether oxygens (including phenoxy) is 1. The Morgan fingerprint density at radius 2 is 2.04 bits per heavy atom. The van der Waals surface area contributed by atoms with E-state index >= 15 is 0 Å². The zero-order chi connectivity index (χ0) is 17.3. The van der Waals surface area contributed by atoms with Crippen molar-refractivity contribution < 1.29 is 22.4 Å². The van der Waals surface area contributed by atoms with E-state index in [0.717, 1.165) is 32.6 Å². The summed E-state index contributed by atoms with van der Waals surface area (Å²) < 4.78 is 37.1. The Morgan fingerprint density at radius 3 is 2.71 bits per heavy atom. The van der Waals surface area contributed by atoms with Crippen LogP contribution in [0.5, 0.6) is 0 Å². The summed E-state index contributed by atoms with van der Waals surface area (Å²) in [5.41, 5.74) is 0. The lowest BCUT2D eigenvalue weighted by molar-refractivity contribution is 0.0563. The summed E-state index contributed by atoms with van der Waals surface area (Å²) in [6, 6.07) is 1.50. The number of hydrogen-bond donors (Lipinski definition) is 1. The molecule has 1 N–H and O–H groups in total. The van der Waals surface area contributed by atoms with Gasteiger partial charge in [-0.2, -0.15) is 4.31 Å². The Bertz CT molecular complexity index is 709. The zero-order valence-electron chi connectivity index (χ0n) is 13.9. The van der Waals surface area contributed by atoms with Crippen molar-refractivity contribution in [3.05, 3.63) is 17.6 Å². The smallest absolute Gasteiger partial charge is 0.373 e. The average Bonchev–Trinajstić information content (AvgIpc) is 3.22. The van der Waals surface area contributed by atoms with Crippen LogP contribution in [0.15, 0.2) is 15.4 Å². The molecular formula is C15H23N3O5S. The van der Waals surface area contributed by atoms with E-state index in [9.17, 15) is 13.2 Å². The zero-order valence-corrected chi connectivity index (χ0v) is 14.8. The Hall–Kier alpha value is -1.42. The number of aryl methyl sites for hydroxylation is 1. The standard InChI is InChI=1S/C15H23N3O5S/c1-11-14(9-13(23-11)15(19)22-2)24(20,21)18-6-3-12(10-18)17-7-4-16-5-8-17/h9,12,16H,3-8,10H2,1-2H3. The third kappa shape index (κ3) is 3.21. The molecule has 0 amide bonds. The molecule has 1 atom stereocenters. The van der Waals surface area contributed by atoms with Gasteiger partial charge >= 0.3 is 5.97 Å². The predicted molar refractivity (Wildman–Crippen MR) is 86.4 cm³/mol. The molecule has 9 heteroatoms. The van der Waals surface area contributed by atoms with Crippen LogP contribution in [0, 0.1) is 6.92 Å². The first-order valence-electron chi connectivity index (χ1n) is 8.07. The highest BCUT2D eigenvalue weighted by Crippen LogP contribution is 2.28. The summed E-state index contributed by atoms with van der Waals surface area (Å²) in [7, 11) is -2.44. The number of methoxy groups -OCH3 is 1. The Morgan fingerprint density at radius 1 is 1.33 bits per heavy atom. The number of piperazine rings is 1. The summed E-state index contributed by atoms with van der Waals surface area (Å²) >= 11 is 0. The molecule has 3 rings (SSSR count). The lowest BCUT2D eigenvalue weighted by atomic mass is 10.2. The van der Waals surface area contributed by atoms with Gasteiger partial charge in [0, 0.05) is 51.4 Å². The highest BCUT2D eigenvalue weighted by molar-refractivity contribution is 7.89. The van der Waals surface area contributed by atoms with Crippen LogP contribution in [0.2, 0.25) is 0 Å². The molecule has 0 saturated carbocycles. The fourth-order valence-electron chi connectivity index (χ4n) is 3.34. The van der Waals surface area contributed by atoms with Gasteiger partial charge in [-0.1, -0.05) is 0 Å². The van der Waals surface area contributed by atoms with Crippen LogP contribution in [0.1, 0.15) is 22.7 Å². The molecule has 0 spiro atoms. The van der Waals surface area contributed by atoms with Gasteiger partial charge in [0.2, 0.25) is 15.8 Å². The second-order valence-electron chi connectivity index (χ2n) is 6.11. The van der Waals surface area contributed by atoms with Crippen LogP contribution in [0.25, 0.3) is 0 Å². The van der Waals surface area contributed by atoms with E-state index in [4.69, 9.17) is 4.42 Å². The molecule has 3 heterocycles. The minimum atomic E-state index is -3.67. The van der Waals surface area contributed by atoms with E-state index in [1.165, 1.54) is 17.5 Å². The van der Waals surface area contributed by atoms with E-state index < -0.39 is 16.0 Å². The van der Waals surface area contributed by atoms with Crippen LogP contribution in [-0.4, -0.2) is 76.0 Å². The van der Waals surface area contributed by atoms with Gasteiger partial charge in [-0.25, -0.2) is 13.2 Å². The van der Waals surface area contributed by atoms with Gasteiger partial charge in [0.15, 0.2) is 0 Å². The Labute approximate surface area is 141 Å². The van der Waals surface area contributed by atoms with Crippen molar-refractivity contribution in [1.29, 1.82) is 0 Å². The number of nitrogens with zero attached hydrogens (tertiary/aromatic N) is 2. The van der Waals surface area contributed by atoms with Crippen LogP contribution in [0.3, 0.4) is 0 Å². The van der Waals surface area contributed by atoms with E-state index in [0.29, 0.717) is 13.1 Å². The highest BCUT2D eigenvalue weighted by atomic mass is 32.2. The van der Waals surface area contributed by atoms with Crippen molar-refractivity contribution in [1.82, 2.24) is 14.5 Å². The predicted octanol–water partition coefficient (Wildman–Crippen LogP) is 0.0428. The Balaban J connectivity index is 1.76. The fraction of sp³-hybridized carbons (Fsp3) is 0.667. The number of nitrogens with one attached hydrogen (secondary N) is 1. The van der Waals surface area contributed by atoms with Crippen molar-refractivity contribution in [2.75, 3.05) is 46.4 Å². The second kappa shape index (κ2) is 6.83. The summed E-state index contributed by atoms with van der Waals surface area (Å²) in [5.74, 6) is -0.563. The number of esters is 1. The van der Waals surface area contributed by atoms with E-state index in [2.05, 4.69) is 15.0 Å². The molecule has 1 unspecified atom stereocenters. The maximum atomic E-state index is 12.9. The summed E-state index contributed by atoms with van der Waals surface area (Å²) in [6.07, 6.45) is 0.819. The van der Waals surface area contributed by atoms with E-state index in [1.54, 1.807) is 6.92 Å². The first-order valence-corrected chi connectivity index (χ1v) is 9.51. The molecular weight excluding hydrogens is 334 g/mol. The van der Waals surface area contributed by atoms with Gasteiger partial charge in [-0.3, -0.25) is 4.90 Å². The number of carbonyl (C=O) groups is 1. The summed E-state index contributed by atoms with van der Waals surface area (Å²) in [5, 5.41) is 3.30. The largest absolute Gasteiger partial charge is 0.463 e. The fourth-order valence-corrected chi connectivity index (χ4v) is 4.99. The molecule has 8 nitrogen and oxygen atoms in total. The maximum absolute atomic E-state index is 12.9. The molecule has 0 aliphatic carbocycles. The monoisotopic (exact) mass is 357 g/mol. The quantitative estimate of drug-likeness (QED) is 0.761. The number of rotatable bonds is 4. The van der Waals surface area contributed by atoms with Crippen molar-refractivity contribution in [3.8, 4) is 0 Å². The van der Waals surface area contributed by atoms with Gasteiger partial charge in [-0.05, 0) is 13.3 Å². The van der Waals surface area contributed by atoms with Crippen LogP contribution in [0.4, 0.5) is 0 Å². The molecule has 2 aliphatic rings. The number of hydrogen-bond acceptors (Lipinski definition) is 7. The number of furan rings is 1. The van der Waals surface area contributed by atoms with Gasteiger partial charge in [0.25, 0.3) is 0 Å². The highest BCUT2D eigenvalue weighted by Gasteiger charge is 2.37. The topological polar surface area (TPSA) is 92.1 Å². The van der Waals surface area contributed by atoms with Crippen molar-refractivity contribution >= 4 is 16.0 Å². The van der Waals surface area contributed by atoms with Crippen LogP contribution >= 0.6 is 0 Å². The van der Waals surface area contributed by atoms with Gasteiger partial charge in [0.1, 0.15) is 10.7 Å². The summed E-state index contributed by atoms with van der Waals surface area (Å²) in [6.45, 7) is 6.25. The third-order valence-electron chi connectivity index (χ3n) is 4.67. The molecule has 134 valence electrons. The number of sulfonamides is 1. The summed E-state index contributed by atoms with van der Waals surface area (Å²) in [4.78, 5) is 13.9. The van der Waals surface area contributed by atoms with Crippen LogP contribution in [-0.2, 0) is 14.8 Å². The first kappa shape index (κ1) is 17.4. The molecule has 1 aromatic rings. The van der Waals surface area contributed by atoms with E-state index in [1.807, 2.05) is 0 Å². The van der Waals surface area contributed by atoms with Gasteiger partial charge < -0.3 is 14.5 Å². The first-order chi connectivity index (χ1) is 11.4. The molecule has 1 aromatic heterocycles. The lowest BCUT2D eigenvalue weighted by Gasteiger charge is -2.32. The van der Waals surface area contributed by atoms with Crippen LogP contribution < -0.4 is 5.32 Å². The molecule has 0 aromatic carbocycles. The van der Waals surface area contributed by atoms with Crippen molar-refractivity contribution in [3.63, 3.8) is 0 Å². The molecule has 24 heavy (non-hydrogen) atoms. The maximum Gasteiger partial charge on any atom is 0.373 e. The molecule has 0 bridgehead atoms. The minimum Gasteiger partial charge on any atom is -0.463 e. The number of carbonyl (C=O) groups excluding carboxylic acids is 1. The molecule has 0 radical (unpaired) electrons. The normalized spacial score (nSPS) is 23.5. The SMILES string of the molecule is COC(=O)c1cc(S(=O)(=O)N2CCC(N3CCNCC3)C2)c(C)o1. The molecule has 2 fully saturated rings. The average molecular weight is 357 g/mol. The molecule has 2 saturated heterocycles. The van der Waals surface area contributed by atoms with Gasteiger partial charge in [0.05, 0.1) is 7.11 Å². The Kier molecular flexibility index (Phi) is 4.95. The van der Waals surface area contributed by atoms with E-state index in [-0.39, 0.29) is 22.5 Å². The second-order valence-corrected chi connectivity index (χ2v) is 8.02. The lowest BCUT2D eigenvalue weighted by Crippen LogP contribution is -2.49.